The summed E-state index contributed by atoms with van der Waals surface area (Å²) in [7, 11) is 1.50. The van der Waals surface area contributed by atoms with E-state index < -0.39 is 11.7 Å². The van der Waals surface area contributed by atoms with Crippen LogP contribution in [-0.2, 0) is 12.7 Å². The van der Waals surface area contributed by atoms with Crippen LogP contribution in [0.1, 0.15) is 11.3 Å². The van der Waals surface area contributed by atoms with E-state index >= 15 is 0 Å². The van der Waals surface area contributed by atoms with E-state index in [1.165, 1.54) is 30.5 Å². The highest BCUT2D eigenvalue weighted by Crippen LogP contribution is 2.31. The number of hydrogen-bond acceptors (Lipinski definition) is 3. The molecule has 1 aromatic carbocycles. The fourth-order valence-corrected chi connectivity index (χ4v) is 2.41. The zero-order valence-corrected chi connectivity index (χ0v) is 11.8. The summed E-state index contributed by atoms with van der Waals surface area (Å²) in [6.45, 7) is 0.261. The molecule has 1 heterocycles. The maximum absolute atomic E-state index is 12.5. The van der Waals surface area contributed by atoms with Crippen LogP contribution in [0.4, 0.5) is 18.0 Å². The lowest BCUT2D eigenvalue weighted by Gasteiger charge is -2.06. The number of carbonyl (C=O) groups is 1. The van der Waals surface area contributed by atoms with Crippen LogP contribution in [0.2, 0.25) is 0 Å². The van der Waals surface area contributed by atoms with E-state index in [0.29, 0.717) is 16.3 Å². The molecule has 0 saturated heterocycles. The van der Waals surface area contributed by atoms with Crippen molar-refractivity contribution < 1.29 is 18.0 Å². The van der Waals surface area contributed by atoms with Gasteiger partial charge in [-0.25, -0.2) is 9.78 Å². The summed E-state index contributed by atoms with van der Waals surface area (Å²) in [5, 5.41) is 7.36. The van der Waals surface area contributed by atoms with Gasteiger partial charge in [0.25, 0.3) is 0 Å². The molecule has 2 N–H and O–H groups in total. The molecule has 0 radical (unpaired) electrons. The molecule has 0 fully saturated rings. The molecule has 0 spiro atoms. The quantitative estimate of drug-likeness (QED) is 0.913. The highest BCUT2D eigenvalue weighted by molar-refractivity contribution is 7.13. The third kappa shape index (κ3) is 3.94. The van der Waals surface area contributed by atoms with Gasteiger partial charge in [0.05, 0.1) is 17.8 Å². The lowest BCUT2D eigenvalue weighted by atomic mass is 10.1. The monoisotopic (exact) mass is 315 g/mol. The molecule has 1 aromatic heterocycles. The van der Waals surface area contributed by atoms with Crippen molar-refractivity contribution in [1.82, 2.24) is 15.6 Å². The molecule has 0 aliphatic rings. The van der Waals surface area contributed by atoms with Crippen molar-refractivity contribution >= 4 is 17.4 Å². The SMILES string of the molecule is CNC(=O)NCc1csc(-c2ccc(C(F)(F)F)cc2)n1. The van der Waals surface area contributed by atoms with Crippen molar-refractivity contribution in [2.24, 2.45) is 0 Å². The van der Waals surface area contributed by atoms with Crippen molar-refractivity contribution in [3.63, 3.8) is 0 Å². The highest BCUT2D eigenvalue weighted by Gasteiger charge is 2.30. The van der Waals surface area contributed by atoms with Crippen LogP contribution in [-0.4, -0.2) is 18.1 Å². The Kier molecular flexibility index (Phi) is 4.46. The fourth-order valence-electron chi connectivity index (χ4n) is 1.58. The molecule has 4 nitrogen and oxygen atoms in total. The Hall–Kier alpha value is -2.09. The van der Waals surface area contributed by atoms with Gasteiger partial charge in [-0.15, -0.1) is 11.3 Å². The molecular formula is C13H12F3N3OS. The summed E-state index contributed by atoms with van der Waals surface area (Å²) in [6.07, 6.45) is -4.34. The molecule has 8 heteroatoms. The topological polar surface area (TPSA) is 54.0 Å². The Morgan fingerprint density at radius 3 is 2.52 bits per heavy atom. The first kappa shape index (κ1) is 15.3. The molecule has 0 saturated carbocycles. The molecule has 0 unspecified atom stereocenters. The molecule has 0 atom stereocenters. The third-order valence-corrected chi connectivity index (χ3v) is 3.61. The van der Waals surface area contributed by atoms with Crippen molar-refractivity contribution in [3.8, 4) is 10.6 Å². The van der Waals surface area contributed by atoms with Crippen LogP contribution < -0.4 is 10.6 Å². The van der Waals surface area contributed by atoms with E-state index in [9.17, 15) is 18.0 Å². The summed E-state index contributed by atoms with van der Waals surface area (Å²) in [4.78, 5) is 15.3. The summed E-state index contributed by atoms with van der Waals surface area (Å²) in [6, 6.07) is 4.51. The Morgan fingerprint density at radius 1 is 1.29 bits per heavy atom. The average molecular weight is 315 g/mol. The molecule has 0 aliphatic heterocycles. The normalized spacial score (nSPS) is 11.2. The smallest absolute Gasteiger partial charge is 0.341 e. The Balaban J connectivity index is 2.09. The van der Waals surface area contributed by atoms with Crippen LogP contribution in [0.25, 0.3) is 10.6 Å². The number of thiazole rings is 1. The second kappa shape index (κ2) is 6.13. The van der Waals surface area contributed by atoms with Gasteiger partial charge in [0.2, 0.25) is 0 Å². The van der Waals surface area contributed by atoms with Gasteiger partial charge >= 0.3 is 12.2 Å². The average Bonchev–Trinajstić information content (AvgIpc) is 2.93. The number of rotatable bonds is 3. The van der Waals surface area contributed by atoms with Gasteiger partial charge in [-0.2, -0.15) is 13.2 Å². The van der Waals surface area contributed by atoms with Crippen LogP contribution >= 0.6 is 11.3 Å². The number of nitrogens with one attached hydrogen (secondary N) is 2. The number of amides is 2. The van der Waals surface area contributed by atoms with Crippen LogP contribution in [0.3, 0.4) is 0 Å². The van der Waals surface area contributed by atoms with Gasteiger partial charge in [0.15, 0.2) is 0 Å². The van der Waals surface area contributed by atoms with Gasteiger partial charge < -0.3 is 10.6 Å². The van der Waals surface area contributed by atoms with E-state index in [1.807, 2.05) is 0 Å². The number of carbonyl (C=O) groups excluding carboxylic acids is 1. The van der Waals surface area contributed by atoms with E-state index in [0.717, 1.165) is 12.1 Å². The molecule has 112 valence electrons. The molecule has 0 bridgehead atoms. The van der Waals surface area contributed by atoms with E-state index in [1.54, 1.807) is 5.38 Å². The van der Waals surface area contributed by atoms with Crippen molar-refractivity contribution in [2.45, 2.75) is 12.7 Å². The fraction of sp³-hybridized carbons (Fsp3) is 0.231. The zero-order valence-electron chi connectivity index (χ0n) is 11.0. The number of nitrogens with zero attached hydrogens (tertiary/aromatic N) is 1. The minimum absolute atomic E-state index is 0.261. The molecule has 0 aliphatic carbocycles. The minimum atomic E-state index is -4.34. The molecule has 2 aromatic rings. The second-order valence-corrected chi connectivity index (χ2v) is 5.01. The minimum Gasteiger partial charge on any atom is -0.341 e. The van der Waals surface area contributed by atoms with Gasteiger partial charge in [-0.05, 0) is 12.1 Å². The number of urea groups is 1. The van der Waals surface area contributed by atoms with Crippen molar-refractivity contribution in [3.05, 3.63) is 40.9 Å². The maximum Gasteiger partial charge on any atom is 0.416 e. The van der Waals surface area contributed by atoms with E-state index in [-0.39, 0.29) is 12.6 Å². The Labute approximate surface area is 123 Å². The number of aromatic nitrogens is 1. The molecular weight excluding hydrogens is 303 g/mol. The van der Waals surface area contributed by atoms with Gasteiger partial charge in [0.1, 0.15) is 5.01 Å². The maximum atomic E-state index is 12.5. The molecule has 2 amide bonds. The van der Waals surface area contributed by atoms with Crippen molar-refractivity contribution in [2.75, 3.05) is 7.05 Å². The first-order valence-electron chi connectivity index (χ1n) is 5.98. The first-order chi connectivity index (χ1) is 9.90. The standard InChI is InChI=1S/C13H12F3N3OS/c1-17-12(20)18-6-10-7-21-11(19-10)8-2-4-9(5-3-8)13(14,15)16/h2-5,7H,6H2,1H3,(H2,17,18,20). The summed E-state index contributed by atoms with van der Waals surface area (Å²) >= 11 is 1.31. The number of alkyl halides is 3. The second-order valence-electron chi connectivity index (χ2n) is 4.15. The molecule has 2 rings (SSSR count). The predicted octanol–water partition coefficient (Wildman–Crippen LogP) is 3.26. The van der Waals surface area contributed by atoms with Gasteiger partial charge in [-0.3, -0.25) is 0 Å². The lowest BCUT2D eigenvalue weighted by molar-refractivity contribution is -0.137. The third-order valence-electron chi connectivity index (χ3n) is 2.67. The molecule has 21 heavy (non-hydrogen) atoms. The van der Waals surface area contributed by atoms with Gasteiger partial charge in [0, 0.05) is 18.0 Å². The summed E-state index contributed by atoms with van der Waals surface area (Å²) in [5.41, 5.74) is 0.571. The van der Waals surface area contributed by atoms with Crippen LogP contribution in [0, 0.1) is 0 Å². The first-order valence-corrected chi connectivity index (χ1v) is 6.85. The van der Waals surface area contributed by atoms with Crippen molar-refractivity contribution in [1.29, 1.82) is 0 Å². The summed E-state index contributed by atoms with van der Waals surface area (Å²) in [5.74, 6) is 0. The number of hydrogen-bond donors (Lipinski definition) is 2. The lowest BCUT2D eigenvalue weighted by Crippen LogP contribution is -2.32. The Morgan fingerprint density at radius 2 is 1.95 bits per heavy atom. The summed E-state index contributed by atoms with van der Waals surface area (Å²) < 4.78 is 37.4. The largest absolute Gasteiger partial charge is 0.416 e. The van der Waals surface area contributed by atoms with Crippen LogP contribution in [0.5, 0.6) is 0 Å². The highest BCUT2D eigenvalue weighted by atomic mass is 32.1. The van der Waals surface area contributed by atoms with E-state index in [2.05, 4.69) is 15.6 Å². The predicted molar refractivity (Wildman–Crippen MR) is 73.8 cm³/mol. The van der Waals surface area contributed by atoms with Crippen LogP contribution in [0.15, 0.2) is 29.6 Å². The van der Waals surface area contributed by atoms with Gasteiger partial charge in [-0.1, -0.05) is 12.1 Å². The number of halogens is 3. The number of benzene rings is 1. The van der Waals surface area contributed by atoms with E-state index in [4.69, 9.17) is 0 Å². The Bertz CT molecular complexity index is 622. The zero-order chi connectivity index (χ0) is 15.5.